The minimum Gasteiger partial charge on any atom is -0.497 e. The first-order valence-corrected chi connectivity index (χ1v) is 12.8. The largest absolute Gasteiger partial charge is 0.497 e. The van der Waals surface area contributed by atoms with E-state index in [4.69, 9.17) is 24.3 Å². The number of ether oxygens (including phenoxy) is 3. The Labute approximate surface area is 224 Å². The van der Waals surface area contributed by atoms with Gasteiger partial charge in [-0.15, -0.1) is 0 Å². The van der Waals surface area contributed by atoms with E-state index in [1.165, 1.54) is 0 Å². The molecule has 0 radical (unpaired) electrons. The third kappa shape index (κ3) is 7.09. The van der Waals surface area contributed by atoms with Crippen LogP contribution in [0.4, 0.5) is 0 Å². The highest BCUT2D eigenvalue weighted by Crippen LogP contribution is 2.28. The predicted octanol–water partition coefficient (Wildman–Crippen LogP) is 3.80. The SMILES string of the molecule is COc1ccc(CNNC(=O)[C@]2(Cc3ccc(Br)cc3)COC(c3ccc(OCCCO)cc3)=N2)cc1. The Morgan fingerprint density at radius 1 is 1.03 bits per heavy atom. The van der Waals surface area contributed by atoms with Crippen LogP contribution in [0.25, 0.3) is 0 Å². The first-order valence-electron chi connectivity index (χ1n) is 12.0. The summed E-state index contributed by atoms with van der Waals surface area (Å²) in [4.78, 5) is 18.3. The fourth-order valence-electron chi connectivity index (χ4n) is 3.86. The zero-order valence-electron chi connectivity index (χ0n) is 20.6. The second-order valence-corrected chi connectivity index (χ2v) is 9.56. The Morgan fingerprint density at radius 2 is 1.70 bits per heavy atom. The fourth-order valence-corrected chi connectivity index (χ4v) is 4.12. The third-order valence-electron chi connectivity index (χ3n) is 5.92. The van der Waals surface area contributed by atoms with Crippen molar-refractivity contribution in [2.45, 2.75) is 24.9 Å². The number of nitrogens with zero attached hydrogens (tertiary/aromatic N) is 1. The number of hydrazine groups is 1. The number of nitrogens with one attached hydrogen (secondary N) is 2. The number of carbonyl (C=O) groups is 1. The molecule has 1 aliphatic heterocycles. The highest BCUT2D eigenvalue weighted by Gasteiger charge is 2.44. The van der Waals surface area contributed by atoms with Crippen molar-refractivity contribution in [1.82, 2.24) is 10.9 Å². The lowest BCUT2D eigenvalue weighted by Gasteiger charge is -2.23. The quantitative estimate of drug-likeness (QED) is 0.227. The molecule has 3 aromatic rings. The average Bonchev–Trinajstić information content (AvgIpc) is 3.36. The van der Waals surface area contributed by atoms with Crippen LogP contribution in [0.2, 0.25) is 0 Å². The number of amides is 1. The smallest absolute Gasteiger partial charge is 0.266 e. The molecule has 4 rings (SSSR count). The van der Waals surface area contributed by atoms with E-state index < -0.39 is 5.54 Å². The Hall–Kier alpha value is -3.40. The Balaban J connectivity index is 1.49. The van der Waals surface area contributed by atoms with Crippen LogP contribution in [0, 0.1) is 0 Å². The van der Waals surface area contributed by atoms with E-state index in [0.717, 1.165) is 26.9 Å². The maximum absolute atomic E-state index is 13.5. The molecule has 9 heteroatoms. The number of benzene rings is 3. The molecule has 0 saturated heterocycles. The molecule has 37 heavy (non-hydrogen) atoms. The molecule has 8 nitrogen and oxygen atoms in total. The Bertz CT molecular complexity index is 1200. The van der Waals surface area contributed by atoms with Gasteiger partial charge in [0.1, 0.15) is 18.1 Å². The normalized spacial score (nSPS) is 16.6. The molecule has 1 amide bonds. The summed E-state index contributed by atoms with van der Waals surface area (Å²) >= 11 is 3.46. The first kappa shape index (κ1) is 26.7. The molecule has 0 aliphatic carbocycles. The maximum Gasteiger partial charge on any atom is 0.266 e. The van der Waals surface area contributed by atoms with Crippen LogP contribution >= 0.6 is 15.9 Å². The van der Waals surface area contributed by atoms with E-state index in [2.05, 4.69) is 26.8 Å². The summed E-state index contributed by atoms with van der Waals surface area (Å²) in [5.74, 6) is 1.60. The van der Waals surface area contributed by atoms with Gasteiger partial charge < -0.3 is 19.3 Å². The highest BCUT2D eigenvalue weighted by atomic mass is 79.9. The maximum atomic E-state index is 13.5. The van der Waals surface area contributed by atoms with Crippen LogP contribution in [0.1, 0.15) is 23.1 Å². The molecule has 3 aromatic carbocycles. The average molecular weight is 568 g/mol. The number of halogens is 1. The number of hydrogen-bond donors (Lipinski definition) is 3. The number of hydrogen-bond acceptors (Lipinski definition) is 7. The number of methoxy groups -OCH3 is 1. The van der Waals surface area contributed by atoms with Crippen LogP contribution in [0.15, 0.2) is 82.3 Å². The van der Waals surface area contributed by atoms with Gasteiger partial charge in [0.2, 0.25) is 5.90 Å². The van der Waals surface area contributed by atoms with Gasteiger partial charge in [0.05, 0.1) is 13.7 Å². The van der Waals surface area contributed by atoms with Crippen molar-refractivity contribution >= 4 is 27.7 Å². The second-order valence-electron chi connectivity index (χ2n) is 8.65. The van der Waals surface area contributed by atoms with Gasteiger partial charge in [-0.05, 0) is 59.7 Å². The van der Waals surface area contributed by atoms with Crippen LogP contribution in [-0.2, 0) is 22.5 Å². The molecule has 0 aromatic heterocycles. The van der Waals surface area contributed by atoms with E-state index in [1.807, 2.05) is 72.8 Å². The van der Waals surface area contributed by atoms with Crippen molar-refractivity contribution in [2.24, 2.45) is 4.99 Å². The Kier molecular flexibility index (Phi) is 9.16. The molecule has 1 atom stereocenters. The standard InChI is InChI=1S/C28H30BrN3O5/c1-35-24-11-5-21(6-12-24)18-30-32-27(34)28(17-20-3-9-23(29)10-4-20)19-37-26(31-28)22-7-13-25(14-8-22)36-16-2-15-33/h3-14,30,33H,2,15-19H2,1H3,(H,32,34)/t28-/m0/s1. The van der Waals surface area contributed by atoms with Gasteiger partial charge in [-0.25, -0.2) is 10.4 Å². The topological polar surface area (TPSA) is 101 Å². The summed E-state index contributed by atoms with van der Waals surface area (Å²) in [6, 6.07) is 22.8. The van der Waals surface area contributed by atoms with Crippen LogP contribution < -0.4 is 20.3 Å². The lowest BCUT2D eigenvalue weighted by Crippen LogP contribution is -2.52. The monoisotopic (exact) mass is 567 g/mol. The summed E-state index contributed by atoms with van der Waals surface area (Å²) in [7, 11) is 1.62. The number of carbonyl (C=O) groups excluding carboxylic acids is 1. The zero-order valence-corrected chi connectivity index (χ0v) is 22.2. The zero-order chi connectivity index (χ0) is 26.1. The molecule has 0 fully saturated rings. The van der Waals surface area contributed by atoms with Gasteiger partial charge in [-0.2, -0.15) is 0 Å². The summed E-state index contributed by atoms with van der Waals surface area (Å²) < 4.78 is 17.7. The number of aliphatic imine (C=N–C) groups is 1. The molecule has 0 unspecified atom stereocenters. The minimum atomic E-state index is -1.13. The number of aliphatic hydroxyl groups excluding tert-OH is 1. The van der Waals surface area contributed by atoms with Crippen molar-refractivity contribution in [3.05, 3.63) is 94.0 Å². The number of aliphatic hydroxyl groups is 1. The van der Waals surface area contributed by atoms with Gasteiger partial charge in [-0.3, -0.25) is 10.2 Å². The van der Waals surface area contributed by atoms with E-state index in [-0.39, 0.29) is 19.1 Å². The van der Waals surface area contributed by atoms with Crippen molar-refractivity contribution in [3.8, 4) is 11.5 Å². The summed E-state index contributed by atoms with van der Waals surface area (Å²) in [6.45, 7) is 1.08. The molecule has 3 N–H and O–H groups in total. The third-order valence-corrected chi connectivity index (χ3v) is 6.45. The minimum absolute atomic E-state index is 0.0835. The van der Waals surface area contributed by atoms with E-state index in [0.29, 0.717) is 37.6 Å². The van der Waals surface area contributed by atoms with Crippen molar-refractivity contribution in [1.29, 1.82) is 0 Å². The molecule has 1 heterocycles. The van der Waals surface area contributed by atoms with Crippen LogP contribution in [0.5, 0.6) is 11.5 Å². The lowest BCUT2D eigenvalue weighted by molar-refractivity contribution is -0.127. The van der Waals surface area contributed by atoms with Crippen molar-refractivity contribution in [2.75, 3.05) is 26.9 Å². The van der Waals surface area contributed by atoms with Crippen LogP contribution in [-0.4, -0.2) is 49.4 Å². The van der Waals surface area contributed by atoms with Gasteiger partial charge in [0.15, 0.2) is 5.54 Å². The number of rotatable bonds is 12. The summed E-state index contributed by atoms with van der Waals surface area (Å²) in [5.41, 5.74) is 7.43. The highest BCUT2D eigenvalue weighted by molar-refractivity contribution is 9.10. The summed E-state index contributed by atoms with van der Waals surface area (Å²) in [6.07, 6.45) is 0.944. The van der Waals surface area contributed by atoms with E-state index in [1.54, 1.807) is 7.11 Å². The molecule has 0 saturated carbocycles. The second kappa shape index (κ2) is 12.7. The van der Waals surface area contributed by atoms with Gasteiger partial charge >= 0.3 is 0 Å². The molecule has 1 aliphatic rings. The van der Waals surface area contributed by atoms with Crippen molar-refractivity contribution < 1.29 is 24.1 Å². The molecule has 194 valence electrons. The van der Waals surface area contributed by atoms with Crippen LogP contribution in [0.3, 0.4) is 0 Å². The fraction of sp³-hybridized carbons (Fsp3) is 0.286. The molecule has 0 spiro atoms. The van der Waals surface area contributed by atoms with Gasteiger partial charge in [0, 0.05) is 36.0 Å². The summed E-state index contributed by atoms with van der Waals surface area (Å²) in [5, 5.41) is 8.92. The predicted molar refractivity (Wildman–Crippen MR) is 145 cm³/mol. The van der Waals surface area contributed by atoms with Gasteiger partial charge in [-0.1, -0.05) is 40.2 Å². The molecule has 0 bridgehead atoms. The van der Waals surface area contributed by atoms with E-state index >= 15 is 0 Å². The van der Waals surface area contributed by atoms with Gasteiger partial charge in [0.25, 0.3) is 5.91 Å². The molecular formula is C28H30BrN3O5. The molecular weight excluding hydrogens is 538 g/mol. The van der Waals surface area contributed by atoms with E-state index in [9.17, 15) is 4.79 Å². The van der Waals surface area contributed by atoms with Crippen molar-refractivity contribution in [3.63, 3.8) is 0 Å². The lowest BCUT2D eigenvalue weighted by atomic mass is 9.91. The Morgan fingerprint density at radius 3 is 2.38 bits per heavy atom. The first-order chi connectivity index (χ1) is 18.0.